The predicted molar refractivity (Wildman–Crippen MR) is 36.5 cm³/mol. The number of hydrogen-bond donors (Lipinski definition) is 0. The number of hydrogen-bond acceptors (Lipinski definition) is 3. The average Bonchev–Trinajstić information content (AvgIpc) is 2.12. The molecule has 0 unspecified atom stereocenters. The van der Waals surface area contributed by atoms with Gasteiger partial charge in [-0.15, -0.1) is 0 Å². The summed E-state index contributed by atoms with van der Waals surface area (Å²) in [7, 11) is 0. The largest absolute Gasteiger partial charge is 0.350 e. The molecule has 10 heavy (non-hydrogen) atoms. The van der Waals surface area contributed by atoms with Gasteiger partial charge >= 0.3 is 0 Å². The van der Waals surface area contributed by atoms with Crippen LogP contribution >= 0.6 is 0 Å². The SMILES string of the molecule is CCO[C@@H]1COC(C)(C)O1. The van der Waals surface area contributed by atoms with E-state index in [2.05, 4.69) is 0 Å². The van der Waals surface area contributed by atoms with Crippen molar-refractivity contribution in [1.82, 2.24) is 0 Å². The second-order valence-corrected chi connectivity index (χ2v) is 2.71. The number of ether oxygens (including phenoxy) is 3. The highest BCUT2D eigenvalue weighted by atomic mass is 16.8. The highest BCUT2D eigenvalue weighted by Gasteiger charge is 2.32. The Kier molecular flexibility index (Phi) is 2.28. The lowest BCUT2D eigenvalue weighted by Crippen LogP contribution is -2.22. The molecule has 0 aromatic rings. The average molecular weight is 146 g/mol. The Morgan fingerprint density at radius 3 is 2.70 bits per heavy atom. The molecule has 1 aliphatic heterocycles. The molecule has 0 spiro atoms. The highest BCUT2D eigenvalue weighted by molar-refractivity contribution is 4.63. The van der Waals surface area contributed by atoms with Gasteiger partial charge in [0.15, 0.2) is 12.1 Å². The van der Waals surface area contributed by atoms with Gasteiger partial charge in [-0.05, 0) is 20.8 Å². The summed E-state index contributed by atoms with van der Waals surface area (Å²) < 4.78 is 15.8. The smallest absolute Gasteiger partial charge is 0.184 e. The summed E-state index contributed by atoms with van der Waals surface area (Å²) in [6, 6.07) is 0. The molecule has 1 atom stereocenters. The molecule has 0 amide bonds. The first kappa shape index (κ1) is 7.98. The van der Waals surface area contributed by atoms with E-state index in [1.54, 1.807) is 0 Å². The summed E-state index contributed by atoms with van der Waals surface area (Å²) in [6.45, 7) is 6.91. The van der Waals surface area contributed by atoms with Crippen molar-refractivity contribution in [3.8, 4) is 0 Å². The van der Waals surface area contributed by atoms with Crippen molar-refractivity contribution in [3.63, 3.8) is 0 Å². The molecule has 0 saturated carbocycles. The molecule has 1 heterocycles. The molecular formula is C7H14O3. The van der Waals surface area contributed by atoms with Gasteiger partial charge in [-0.2, -0.15) is 0 Å². The monoisotopic (exact) mass is 146 g/mol. The second-order valence-electron chi connectivity index (χ2n) is 2.71. The van der Waals surface area contributed by atoms with Crippen molar-refractivity contribution >= 4 is 0 Å². The molecule has 0 bridgehead atoms. The van der Waals surface area contributed by atoms with Crippen molar-refractivity contribution < 1.29 is 14.2 Å². The van der Waals surface area contributed by atoms with Crippen LogP contribution in [-0.4, -0.2) is 25.3 Å². The normalized spacial score (nSPS) is 30.9. The first-order chi connectivity index (χ1) is 4.64. The van der Waals surface area contributed by atoms with Gasteiger partial charge in [0, 0.05) is 6.61 Å². The second kappa shape index (κ2) is 2.86. The minimum atomic E-state index is -0.458. The fraction of sp³-hybridized carbons (Fsp3) is 1.00. The van der Waals surface area contributed by atoms with Crippen LogP contribution in [0.15, 0.2) is 0 Å². The van der Waals surface area contributed by atoms with Crippen LogP contribution < -0.4 is 0 Å². The summed E-state index contributed by atoms with van der Waals surface area (Å²) in [6.07, 6.45) is -0.167. The minimum absolute atomic E-state index is 0.167. The van der Waals surface area contributed by atoms with Crippen molar-refractivity contribution in [3.05, 3.63) is 0 Å². The molecule has 1 fully saturated rings. The van der Waals surface area contributed by atoms with E-state index in [4.69, 9.17) is 14.2 Å². The van der Waals surface area contributed by atoms with Crippen LogP contribution in [0.1, 0.15) is 20.8 Å². The highest BCUT2D eigenvalue weighted by Crippen LogP contribution is 2.22. The fourth-order valence-electron chi connectivity index (χ4n) is 0.921. The predicted octanol–water partition coefficient (Wildman–Crippen LogP) is 1.13. The van der Waals surface area contributed by atoms with E-state index in [1.165, 1.54) is 0 Å². The minimum Gasteiger partial charge on any atom is -0.350 e. The van der Waals surface area contributed by atoms with Gasteiger partial charge in [0.05, 0.1) is 0 Å². The molecule has 0 aromatic carbocycles. The zero-order chi connectivity index (χ0) is 7.61. The van der Waals surface area contributed by atoms with E-state index in [9.17, 15) is 0 Å². The molecule has 60 valence electrons. The maximum Gasteiger partial charge on any atom is 0.184 e. The molecule has 1 aliphatic rings. The van der Waals surface area contributed by atoms with E-state index < -0.39 is 5.79 Å². The van der Waals surface area contributed by atoms with Crippen LogP contribution in [0, 0.1) is 0 Å². The summed E-state index contributed by atoms with van der Waals surface area (Å²) in [5.74, 6) is -0.458. The molecule has 3 nitrogen and oxygen atoms in total. The molecule has 0 aliphatic carbocycles. The van der Waals surface area contributed by atoms with Crippen molar-refractivity contribution in [2.75, 3.05) is 13.2 Å². The summed E-state index contributed by atoms with van der Waals surface area (Å²) in [5.41, 5.74) is 0. The lowest BCUT2D eigenvalue weighted by molar-refractivity contribution is -0.189. The molecule has 0 N–H and O–H groups in total. The molecule has 0 radical (unpaired) electrons. The lowest BCUT2D eigenvalue weighted by atomic mass is 10.4. The number of rotatable bonds is 2. The van der Waals surface area contributed by atoms with Crippen LogP contribution in [0.2, 0.25) is 0 Å². The Morgan fingerprint density at radius 1 is 1.60 bits per heavy atom. The first-order valence-electron chi connectivity index (χ1n) is 3.57. The van der Waals surface area contributed by atoms with Gasteiger partial charge in [-0.3, -0.25) is 0 Å². The van der Waals surface area contributed by atoms with Gasteiger partial charge < -0.3 is 14.2 Å². The van der Waals surface area contributed by atoms with E-state index in [0.717, 1.165) is 0 Å². The summed E-state index contributed by atoms with van der Waals surface area (Å²) in [5, 5.41) is 0. The van der Waals surface area contributed by atoms with E-state index in [0.29, 0.717) is 13.2 Å². The Morgan fingerprint density at radius 2 is 2.30 bits per heavy atom. The van der Waals surface area contributed by atoms with Crippen molar-refractivity contribution in [2.24, 2.45) is 0 Å². The van der Waals surface area contributed by atoms with Crippen LogP contribution in [0.25, 0.3) is 0 Å². The third kappa shape index (κ3) is 1.94. The Labute approximate surface area is 61.3 Å². The topological polar surface area (TPSA) is 27.7 Å². The van der Waals surface area contributed by atoms with Gasteiger partial charge in [0.2, 0.25) is 0 Å². The van der Waals surface area contributed by atoms with Crippen molar-refractivity contribution in [1.29, 1.82) is 0 Å². The molecule has 1 rings (SSSR count). The molecule has 3 heteroatoms. The van der Waals surface area contributed by atoms with Crippen LogP contribution in [-0.2, 0) is 14.2 Å². The summed E-state index contributed by atoms with van der Waals surface area (Å²) in [4.78, 5) is 0. The Hall–Kier alpha value is -0.120. The van der Waals surface area contributed by atoms with Crippen LogP contribution in [0.5, 0.6) is 0 Å². The van der Waals surface area contributed by atoms with Gasteiger partial charge in [0.1, 0.15) is 6.61 Å². The van der Waals surface area contributed by atoms with E-state index in [1.807, 2.05) is 20.8 Å². The zero-order valence-corrected chi connectivity index (χ0v) is 6.72. The Balaban J connectivity index is 2.29. The first-order valence-corrected chi connectivity index (χ1v) is 3.57. The van der Waals surface area contributed by atoms with Gasteiger partial charge in [-0.1, -0.05) is 0 Å². The maximum atomic E-state index is 5.34. The van der Waals surface area contributed by atoms with Crippen molar-refractivity contribution in [2.45, 2.75) is 32.8 Å². The van der Waals surface area contributed by atoms with Gasteiger partial charge in [-0.25, -0.2) is 0 Å². The summed E-state index contributed by atoms with van der Waals surface area (Å²) >= 11 is 0. The third-order valence-electron chi connectivity index (χ3n) is 1.33. The molecule has 1 saturated heterocycles. The van der Waals surface area contributed by atoms with E-state index in [-0.39, 0.29) is 6.29 Å². The quantitative estimate of drug-likeness (QED) is 0.584. The van der Waals surface area contributed by atoms with Gasteiger partial charge in [0.25, 0.3) is 0 Å². The lowest BCUT2D eigenvalue weighted by Gasteiger charge is -2.16. The standard InChI is InChI=1S/C7H14O3/c1-4-8-6-5-9-7(2,3)10-6/h6H,4-5H2,1-3H3/t6-/m0/s1. The fourth-order valence-corrected chi connectivity index (χ4v) is 0.921. The maximum absolute atomic E-state index is 5.34. The van der Waals surface area contributed by atoms with Crippen LogP contribution in [0.4, 0.5) is 0 Å². The van der Waals surface area contributed by atoms with Crippen LogP contribution in [0.3, 0.4) is 0 Å². The molecular weight excluding hydrogens is 132 g/mol. The zero-order valence-electron chi connectivity index (χ0n) is 6.72. The molecule has 0 aromatic heterocycles. The van der Waals surface area contributed by atoms with E-state index >= 15 is 0 Å². The Bertz CT molecular complexity index is 111. The third-order valence-corrected chi connectivity index (χ3v) is 1.33.